The van der Waals surface area contributed by atoms with Crippen LogP contribution in [0.1, 0.15) is 30.8 Å². The van der Waals surface area contributed by atoms with Crippen molar-refractivity contribution in [2.45, 2.75) is 25.9 Å². The number of aliphatic hydroxyl groups is 1. The number of nitrogens with one attached hydrogen (secondary N) is 1. The highest BCUT2D eigenvalue weighted by molar-refractivity contribution is 7.13. The lowest BCUT2D eigenvalue weighted by Crippen LogP contribution is -2.40. The summed E-state index contributed by atoms with van der Waals surface area (Å²) in [5, 5.41) is 18.1. The van der Waals surface area contributed by atoms with Crippen molar-refractivity contribution in [3.05, 3.63) is 29.3 Å². The van der Waals surface area contributed by atoms with Crippen LogP contribution in [0, 0.1) is 0 Å². The molecular weight excluding hydrogens is 264 g/mol. The van der Waals surface area contributed by atoms with Gasteiger partial charge >= 0.3 is 0 Å². The zero-order chi connectivity index (χ0) is 13.9. The Hall–Kier alpha value is -1.66. The van der Waals surface area contributed by atoms with E-state index < -0.39 is 5.60 Å². The molecule has 0 aliphatic carbocycles. The van der Waals surface area contributed by atoms with Crippen molar-refractivity contribution in [1.29, 1.82) is 0 Å². The number of rotatable bonds is 5. The van der Waals surface area contributed by atoms with Gasteiger partial charge in [-0.1, -0.05) is 18.1 Å². The lowest BCUT2D eigenvalue weighted by molar-refractivity contribution is 0.0516. The minimum Gasteiger partial charge on any atom is -0.388 e. The molecule has 0 aromatic carbocycles. The molecule has 0 bridgehead atoms. The molecule has 5 nitrogen and oxygen atoms in total. The molecule has 0 saturated carbocycles. The van der Waals surface area contributed by atoms with Gasteiger partial charge in [0.05, 0.1) is 10.5 Å². The van der Waals surface area contributed by atoms with Crippen molar-refractivity contribution in [3.8, 4) is 10.6 Å². The first-order valence-electron chi connectivity index (χ1n) is 6.03. The first kappa shape index (κ1) is 13.8. The Morgan fingerprint density at radius 2 is 2.42 bits per heavy atom. The van der Waals surface area contributed by atoms with Gasteiger partial charge in [0.1, 0.15) is 0 Å². The molecule has 1 amide bonds. The quantitative estimate of drug-likeness (QED) is 0.881. The molecule has 0 aliphatic rings. The summed E-state index contributed by atoms with van der Waals surface area (Å²) in [6, 6.07) is 5.40. The summed E-state index contributed by atoms with van der Waals surface area (Å²) >= 11 is 1.52. The normalized spacial score (nSPS) is 14.1. The summed E-state index contributed by atoms with van der Waals surface area (Å²) in [5.74, 6) is 0.225. The van der Waals surface area contributed by atoms with Crippen molar-refractivity contribution in [2.75, 3.05) is 6.54 Å². The van der Waals surface area contributed by atoms with Crippen LogP contribution in [0.2, 0.25) is 0 Å². The summed E-state index contributed by atoms with van der Waals surface area (Å²) in [5.41, 5.74) is -0.689. The highest BCUT2D eigenvalue weighted by Crippen LogP contribution is 2.25. The average Bonchev–Trinajstić information content (AvgIpc) is 3.05. The van der Waals surface area contributed by atoms with Crippen LogP contribution in [0.15, 0.2) is 28.1 Å². The standard InChI is InChI=1S/C13H16N2O3S/c1-3-13(2,17)8-14-12(16)9-7-10(18-15-9)11-5-4-6-19-11/h4-7,17H,3,8H2,1-2H3,(H,14,16). The third-order valence-corrected chi connectivity index (χ3v) is 3.78. The van der Waals surface area contributed by atoms with Crippen molar-refractivity contribution in [3.63, 3.8) is 0 Å². The Morgan fingerprint density at radius 3 is 3.05 bits per heavy atom. The molecule has 2 aromatic rings. The van der Waals surface area contributed by atoms with Crippen LogP contribution in [0.5, 0.6) is 0 Å². The number of nitrogens with zero attached hydrogens (tertiary/aromatic N) is 1. The summed E-state index contributed by atoms with van der Waals surface area (Å²) in [4.78, 5) is 12.8. The van der Waals surface area contributed by atoms with E-state index in [-0.39, 0.29) is 18.1 Å². The fraction of sp³-hybridized carbons (Fsp3) is 0.385. The summed E-state index contributed by atoms with van der Waals surface area (Å²) in [6.45, 7) is 3.72. The van der Waals surface area contributed by atoms with Crippen LogP contribution < -0.4 is 5.32 Å². The molecule has 2 aromatic heterocycles. The fourth-order valence-electron chi connectivity index (χ4n) is 1.40. The van der Waals surface area contributed by atoms with E-state index in [1.54, 1.807) is 13.0 Å². The molecule has 0 fully saturated rings. The largest absolute Gasteiger partial charge is 0.388 e. The van der Waals surface area contributed by atoms with Gasteiger partial charge in [-0.2, -0.15) is 0 Å². The van der Waals surface area contributed by atoms with Gasteiger partial charge in [-0.3, -0.25) is 4.79 Å². The molecule has 0 spiro atoms. The molecule has 19 heavy (non-hydrogen) atoms. The van der Waals surface area contributed by atoms with E-state index in [2.05, 4.69) is 10.5 Å². The van der Waals surface area contributed by atoms with Crippen molar-refractivity contribution in [2.24, 2.45) is 0 Å². The SMILES string of the molecule is CCC(C)(O)CNC(=O)c1cc(-c2cccs2)on1. The van der Waals surface area contributed by atoms with E-state index in [0.717, 1.165) is 4.88 Å². The highest BCUT2D eigenvalue weighted by atomic mass is 32.1. The molecule has 1 unspecified atom stereocenters. The summed E-state index contributed by atoms with van der Waals surface area (Å²) in [7, 11) is 0. The average molecular weight is 280 g/mol. The Kier molecular flexibility index (Phi) is 4.01. The Labute approximate surface area is 115 Å². The Balaban J connectivity index is 2.01. The molecular formula is C13H16N2O3S. The molecule has 2 heterocycles. The third-order valence-electron chi connectivity index (χ3n) is 2.90. The van der Waals surface area contributed by atoms with E-state index >= 15 is 0 Å². The van der Waals surface area contributed by atoms with Crippen molar-refractivity contribution in [1.82, 2.24) is 10.5 Å². The summed E-state index contributed by atoms with van der Waals surface area (Å²) < 4.78 is 5.13. The van der Waals surface area contributed by atoms with E-state index in [1.165, 1.54) is 11.3 Å². The zero-order valence-corrected chi connectivity index (χ0v) is 11.7. The molecule has 6 heteroatoms. The molecule has 0 saturated heterocycles. The van der Waals surface area contributed by atoms with Gasteiger partial charge in [0.2, 0.25) is 0 Å². The predicted molar refractivity (Wildman–Crippen MR) is 73.1 cm³/mol. The second-order valence-corrected chi connectivity index (χ2v) is 5.53. The number of carbonyl (C=O) groups is 1. The van der Waals surface area contributed by atoms with Crippen molar-refractivity contribution >= 4 is 17.2 Å². The first-order valence-corrected chi connectivity index (χ1v) is 6.91. The van der Waals surface area contributed by atoms with Gasteiger partial charge in [0, 0.05) is 12.6 Å². The van der Waals surface area contributed by atoms with E-state index in [1.807, 2.05) is 24.4 Å². The van der Waals surface area contributed by atoms with Crippen molar-refractivity contribution < 1.29 is 14.4 Å². The summed E-state index contributed by atoms with van der Waals surface area (Å²) in [6.07, 6.45) is 0.562. The maximum Gasteiger partial charge on any atom is 0.273 e. The maximum absolute atomic E-state index is 11.8. The number of hydrogen-bond donors (Lipinski definition) is 2. The van der Waals surface area contributed by atoms with Gasteiger partial charge < -0.3 is 14.9 Å². The Morgan fingerprint density at radius 1 is 1.63 bits per heavy atom. The number of thiophene rings is 1. The molecule has 1 atom stereocenters. The predicted octanol–water partition coefficient (Wildman–Crippen LogP) is 2.29. The van der Waals surface area contributed by atoms with Crippen LogP contribution in [0.4, 0.5) is 0 Å². The number of amides is 1. The van der Waals surface area contributed by atoms with Crippen LogP contribution in [0.25, 0.3) is 10.6 Å². The fourth-order valence-corrected chi connectivity index (χ4v) is 2.08. The second kappa shape index (κ2) is 5.54. The smallest absolute Gasteiger partial charge is 0.273 e. The Bertz CT molecular complexity index is 546. The monoisotopic (exact) mass is 280 g/mol. The van der Waals surface area contributed by atoms with Crippen LogP contribution in [-0.2, 0) is 0 Å². The highest BCUT2D eigenvalue weighted by Gasteiger charge is 2.20. The van der Waals surface area contributed by atoms with Gasteiger partial charge in [-0.05, 0) is 24.8 Å². The first-order chi connectivity index (χ1) is 9.02. The molecule has 0 radical (unpaired) electrons. The van der Waals surface area contributed by atoms with Gasteiger partial charge in [-0.15, -0.1) is 11.3 Å². The lowest BCUT2D eigenvalue weighted by atomic mass is 10.0. The van der Waals surface area contributed by atoms with Gasteiger partial charge in [0.15, 0.2) is 11.5 Å². The van der Waals surface area contributed by atoms with Crippen LogP contribution in [0.3, 0.4) is 0 Å². The maximum atomic E-state index is 11.8. The van der Waals surface area contributed by atoms with E-state index in [4.69, 9.17) is 4.52 Å². The van der Waals surface area contributed by atoms with Gasteiger partial charge in [0.25, 0.3) is 5.91 Å². The lowest BCUT2D eigenvalue weighted by Gasteiger charge is -2.20. The van der Waals surface area contributed by atoms with Gasteiger partial charge in [-0.25, -0.2) is 0 Å². The van der Waals surface area contributed by atoms with E-state index in [0.29, 0.717) is 12.2 Å². The van der Waals surface area contributed by atoms with Crippen LogP contribution >= 0.6 is 11.3 Å². The topological polar surface area (TPSA) is 75.4 Å². The van der Waals surface area contributed by atoms with Crippen LogP contribution in [-0.4, -0.2) is 28.3 Å². The number of carbonyl (C=O) groups excluding carboxylic acids is 1. The zero-order valence-electron chi connectivity index (χ0n) is 10.8. The number of hydrogen-bond acceptors (Lipinski definition) is 5. The minimum absolute atomic E-state index is 0.184. The molecule has 0 aliphatic heterocycles. The molecule has 2 rings (SSSR count). The minimum atomic E-state index is -0.907. The number of aromatic nitrogens is 1. The van der Waals surface area contributed by atoms with E-state index in [9.17, 15) is 9.90 Å². The molecule has 102 valence electrons. The molecule has 2 N–H and O–H groups in total. The third kappa shape index (κ3) is 3.42. The second-order valence-electron chi connectivity index (χ2n) is 4.59.